The van der Waals surface area contributed by atoms with E-state index in [1.165, 1.54) is 0 Å². The molecule has 0 saturated carbocycles. The molecule has 0 aliphatic heterocycles. The van der Waals surface area contributed by atoms with E-state index in [0.717, 1.165) is 39.5 Å². The van der Waals surface area contributed by atoms with Gasteiger partial charge in [0.15, 0.2) is 5.92 Å². The molecule has 0 fully saturated rings. The van der Waals surface area contributed by atoms with Crippen LogP contribution >= 0.6 is 0 Å². The predicted octanol–water partition coefficient (Wildman–Crippen LogP) is 1.04. The second kappa shape index (κ2) is 6.65. The van der Waals surface area contributed by atoms with Gasteiger partial charge in [-0.1, -0.05) is 0 Å². The van der Waals surface area contributed by atoms with Crippen LogP contribution in [0, 0.1) is 5.82 Å². The topological polar surface area (TPSA) is 78.9 Å². The molecule has 0 atom stereocenters. The normalized spacial score (nSPS) is 10.1. The highest BCUT2D eigenvalue weighted by Crippen LogP contribution is 2.25. The number of benzene rings is 1. The molecule has 0 N–H and O–H groups in total. The molecule has 0 heterocycles. The Labute approximate surface area is 114 Å². The smallest absolute Gasteiger partial charge is 0.338 e. The first kappa shape index (κ1) is 15.6. The van der Waals surface area contributed by atoms with Crippen molar-refractivity contribution in [3.63, 3.8) is 0 Å². The molecule has 0 saturated heterocycles. The van der Waals surface area contributed by atoms with Crippen LogP contribution in [-0.4, -0.2) is 39.2 Å². The van der Waals surface area contributed by atoms with Crippen LogP contribution in [-0.2, 0) is 23.8 Å². The zero-order valence-corrected chi connectivity index (χ0v) is 11.1. The van der Waals surface area contributed by atoms with Gasteiger partial charge in [0.25, 0.3) is 0 Å². The monoisotopic (exact) mass is 284 g/mol. The lowest BCUT2D eigenvalue weighted by Crippen LogP contribution is -2.26. The van der Waals surface area contributed by atoms with Crippen LogP contribution in [0.25, 0.3) is 0 Å². The third-order valence-corrected chi connectivity index (χ3v) is 2.60. The van der Waals surface area contributed by atoms with E-state index in [2.05, 4.69) is 14.2 Å². The van der Waals surface area contributed by atoms with E-state index < -0.39 is 29.6 Å². The van der Waals surface area contributed by atoms with E-state index in [1.807, 2.05) is 0 Å². The van der Waals surface area contributed by atoms with E-state index in [0.29, 0.717) is 0 Å². The summed E-state index contributed by atoms with van der Waals surface area (Å²) in [5.41, 5.74) is -0.287. The van der Waals surface area contributed by atoms with Crippen LogP contribution in [0.5, 0.6) is 0 Å². The van der Waals surface area contributed by atoms with Gasteiger partial charge in [-0.15, -0.1) is 0 Å². The maximum Gasteiger partial charge on any atom is 0.338 e. The molecule has 0 amide bonds. The largest absolute Gasteiger partial charge is 0.468 e. The molecule has 0 bridgehead atoms. The Hall–Kier alpha value is -2.44. The molecule has 6 nitrogen and oxygen atoms in total. The molecular formula is C13H13FO6. The Morgan fingerprint density at radius 2 is 1.55 bits per heavy atom. The first-order valence-electron chi connectivity index (χ1n) is 5.49. The Balaban J connectivity index is 3.45. The zero-order chi connectivity index (χ0) is 15.3. The number of carbonyl (C=O) groups is 3. The second-order valence-corrected chi connectivity index (χ2v) is 3.70. The van der Waals surface area contributed by atoms with Crippen LogP contribution in [0.15, 0.2) is 18.2 Å². The molecule has 1 aromatic rings. The first-order chi connectivity index (χ1) is 9.46. The summed E-state index contributed by atoms with van der Waals surface area (Å²) in [6, 6.07) is 3.03. The van der Waals surface area contributed by atoms with E-state index in [1.54, 1.807) is 0 Å². The highest BCUT2D eigenvalue weighted by Gasteiger charge is 2.34. The van der Waals surface area contributed by atoms with Crippen LogP contribution in [0.3, 0.4) is 0 Å². The summed E-state index contributed by atoms with van der Waals surface area (Å²) < 4.78 is 26.8. The van der Waals surface area contributed by atoms with Gasteiger partial charge in [-0.2, -0.15) is 0 Å². The maximum atomic E-state index is 13.4. The van der Waals surface area contributed by atoms with Crippen molar-refractivity contribution in [1.29, 1.82) is 0 Å². The van der Waals surface area contributed by atoms with Gasteiger partial charge in [-0.05, 0) is 23.8 Å². The first-order valence-corrected chi connectivity index (χ1v) is 5.49. The summed E-state index contributed by atoms with van der Waals surface area (Å²) in [6.07, 6.45) is 0. The number of carbonyl (C=O) groups excluding carboxylic acids is 3. The van der Waals surface area contributed by atoms with Crippen LogP contribution < -0.4 is 0 Å². The van der Waals surface area contributed by atoms with Gasteiger partial charge in [0, 0.05) is 0 Å². The Morgan fingerprint density at radius 3 is 2.00 bits per heavy atom. The van der Waals surface area contributed by atoms with Crippen molar-refractivity contribution in [3.05, 3.63) is 35.1 Å². The fourth-order valence-corrected chi connectivity index (χ4v) is 1.65. The standard InChI is InChI=1S/C13H13FO6/c1-18-11(15)8-5-4-7(14)6-9(8)10(12(16)19-2)13(17)20-3/h4-6,10H,1-3H3. The molecule has 1 rings (SSSR count). The van der Waals surface area contributed by atoms with Crippen LogP contribution in [0.1, 0.15) is 21.8 Å². The summed E-state index contributed by atoms with van der Waals surface area (Å²) in [4.78, 5) is 35.0. The second-order valence-electron chi connectivity index (χ2n) is 3.70. The highest BCUT2D eigenvalue weighted by atomic mass is 19.1. The Bertz CT molecular complexity index is 524. The summed E-state index contributed by atoms with van der Waals surface area (Å²) in [7, 11) is 3.26. The van der Waals surface area contributed by atoms with Crippen LogP contribution in [0.4, 0.5) is 4.39 Å². The molecule has 0 unspecified atom stereocenters. The highest BCUT2D eigenvalue weighted by molar-refractivity contribution is 6.04. The van der Waals surface area contributed by atoms with Gasteiger partial charge >= 0.3 is 17.9 Å². The number of rotatable bonds is 4. The van der Waals surface area contributed by atoms with E-state index in [9.17, 15) is 18.8 Å². The predicted molar refractivity (Wildman–Crippen MR) is 64.5 cm³/mol. The molecule has 0 spiro atoms. The van der Waals surface area contributed by atoms with Gasteiger partial charge in [-0.25, -0.2) is 9.18 Å². The average Bonchev–Trinajstić information content (AvgIpc) is 2.46. The number of methoxy groups -OCH3 is 3. The van der Waals surface area contributed by atoms with E-state index >= 15 is 0 Å². The molecule has 0 aromatic heterocycles. The number of ether oxygens (including phenoxy) is 3. The number of halogens is 1. The van der Waals surface area contributed by atoms with Crippen molar-refractivity contribution in [2.24, 2.45) is 0 Å². The molecular weight excluding hydrogens is 271 g/mol. The maximum absolute atomic E-state index is 13.4. The van der Waals surface area contributed by atoms with Crippen molar-refractivity contribution in [2.75, 3.05) is 21.3 Å². The summed E-state index contributed by atoms with van der Waals surface area (Å²) in [6.45, 7) is 0. The van der Waals surface area contributed by atoms with Crippen molar-refractivity contribution in [2.45, 2.75) is 5.92 Å². The SMILES string of the molecule is COC(=O)c1ccc(F)cc1C(C(=O)OC)C(=O)OC. The minimum absolute atomic E-state index is 0.116. The van der Waals surface area contributed by atoms with Crippen molar-refractivity contribution in [1.82, 2.24) is 0 Å². The molecule has 1 aromatic carbocycles. The summed E-state index contributed by atoms with van der Waals surface area (Å²) in [5, 5.41) is 0. The van der Waals surface area contributed by atoms with Gasteiger partial charge < -0.3 is 14.2 Å². The number of hydrogen-bond acceptors (Lipinski definition) is 6. The van der Waals surface area contributed by atoms with E-state index in [-0.39, 0.29) is 11.1 Å². The minimum Gasteiger partial charge on any atom is -0.468 e. The third kappa shape index (κ3) is 3.11. The van der Waals surface area contributed by atoms with Crippen molar-refractivity contribution in [3.8, 4) is 0 Å². The summed E-state index contributed by atoms with van der Waals surface area (Å²) in [5.74, 6) is -5.02. The number of esters is 3. The number of hydrogen-bond donors (Lipinski definition) is 0. The average molecular weight is 284 g/mol. The molecule has 20 heavy (non-hydrogen) atoms. The third-order valence-electron chi connectivity index (χ3n) is 2.60. The fraction of sp³-hybridized carbons (Fsp3) is 0.308. The Kier molecular flexibility index (Phi) is 5.19. The zero-order valence-electron chi connectivity index (χ0n) is 11.1. The lowest BCUT2D eigenvalue weighted by atomic mass is 9.94. The van der Waals surface area contributed by atoms with Gasteiger partial charge in [-0.3, -0.25) is 9.59 Å². The molecule has 0 aliphatic carbocycles. The Morgan fingerprint density at radius 1 is 1.00 bits per heavy atom. The van der Waals surface area contributed by atoms with Gasteiger partial charge in [0.2, 0.25) is 0 Å². The molecule has 108 valence electrons. The molecule has 0 radical (unpaired) electrons. The lowest BCUT2D eigenvalue weighted by Gasteiger charge is -2.15. The van der Waals surface area contributed by atoms with E-state index in [4.69, 9.17) is 0 Å². The van der Waals surface area contributed by atoms with Crippen LogP contribution in [0.2, 0.25) is 0 Å². The lowest BCUT2D eigenvalue weighted by molar-refractivity contribution is -0.154. The van der Waals surface area contributed by atoms with Crippen molar-refractivity contribution >= 4 is 17.9 Å². The van der Waals surface area contributed by atoms with Gasteiger partial charge in [0.05, 0.1) is 26.9 Å². The van der Waals surface area contributed by atoms with Crippen molar-refractivity contribution < 1.29 is 33.0 Å². The summed E-state index contributed by atoms with van der Waals surface area (Å²) >= 11 is 0. The minimum atomic E-state index is -1.56. The molecule has 7 heteroatoms. The van der Waals surface area contributed by atoms with Gasteiger partial charge in [0.1, 0.15) is 5.82 Å². The fourth-order valence-electron chi connectivity index (χ4n) is 1.65. The quantitative estimate of drug-likeness (QED) is 0.467. The molecule has 0 aliphatic rings.